The highest BCUT2D eigenvalue weighted by atomic mass is 35.5. The second-order valence-electron chi connectivity index (χ2n) is 6.15. The molecule has 0 spiro atoms. The molecule has 0 heterocycles. The number of nitriles is 1. The van der Waals surface area contributed by atoms with Crippen LogP contribution in [0.1, 0.15) is 38.5 Å². The van der Waals surface area contributed by atoms with Crippen molar-refractivity contribution in [1.82, 2.24) is 5.32 Å². The van der Waals surface area contributed by atoms with Crippen LogP contribution in [0.4, 0.5) is 9.18 Å². The van der Waals surface area contributed by atoms with Crippen molar-refractivity contribution in [2.45, 2.75) is 54.2 Å². The van der Waals surface area contributed by atoms with Gasteiger partial charge in [0.1, 0.15) is 11.4 Å². The fourth-order valence-corrected chi connectivity index (χ4v) is 5.07. The minimum Gasteiger partial charge on any atom is -0.465 e. The molecule has 2 fully saturated rings. The molecule has 2 aliphatic rings. The van der Waals surface area contributed by atoms with E-state index in [2.05, 4.69) is 5.32 Å². The maximum absolute atomic E-state index is 12.8. The lowest BCUT2D eigenvalue weighted by atomic mass is 10.3. The average molecular weight is 389 g/mol. The number of nitrogens with zero attached hydrogens (tertiary/aromatic N) is 1. The molecule has 3 rings (SSSR count). The van der Waals surface area contributed by atoms with Gasteiger partial charge in [-0.15, -0.1) is 0 Å². The van der Waals surface area contributed by atoms with E-state index in [9.17, 15) is 17.6 Å². The molecular formula is C16H18ClFN2O4S. The summed E-state index contributed by atoms with van der Waals surface area (Å²) < 4.78 is 37.2. The lowest BCUT2D eigenvalue weighted by Crippen LogP contribution is -2.33. The predicted molar refractivity (Wildman–Crippen MR) is 89.6 cm³/mol. The Balaban J connectivity index is 0.000000212. The molecule has 6 nitrogen and oxygen atoms in total. The van der Waals surface area contributed by atoms with Crippen molar-refractivity contribution in [3.63, 3.8) is 0 Å². The number of carbonyl (C=O) groups is 1. The van der Waals surface area contributed by atoms with E-state index < -0.39 is 27.3 Å². The summed E-state index contributed by atoms with van der Waals surface area (Å²) in [6.07, 6.45) is 3.40. The molecule has 0 unspecified atom stereocenters. The van der Waals surface area contributed by atoms with Crippen molar-refractivity contribution in [3.05, 3.63) is 29.0 Å². The molecule has 0 aliphatic heterocycles. The van der Waals surface area contributed by atoms with Crippen LogP contribution in [0.5, 0.6) is 0 Å². The number of nitrogens with one attached hydrogen (secondary N) is 1. The Kier molecular flexibility index (Phi) is 5.91. The summed E-state index contributed by atoms with van der Waals surface area (Å²) in [6.45, 7) is 0. The van der Waals surface area contributed by atoms with Gasteiger partial charge >= 0.3 is 6.09 Å². The third-order valence-corrected chi connectivity index (χ3v) is 6.99. The van der Waals surface area contributed by atoms with Crippen LogP contribution in [0, 0.1) is 17.1 Å². The number of halogens is 2. The molecule has 1 aromatic rings. The first kappa shape index (κ1) is 19.5. The first-order valence-electron chi connectivity index (χ1n) is 7.81. The molecule has 0 saturated heterocycles. The van der Waals surface area contributed by atoms with Crippen LogP contribution >= 0.6 is 11.6 Å². The van der Waals surface area contributed by atoms with E-state index in [0.717, 1.165) is 25.0 Å². The maximum atomic E-state index is 12.8. The maximum Gasteiger partial charge on any atom is 0.405 e. The van der Waals surface area contributed by atoms with Gasteiger partial charge in [-0.25, -0.2) is 17.6 Å². The van der Waals surface area contributed by atoms with Crippen LogP contribution in [-0.2, 0) is 9.84 Å². The Morgan fingerprint density at radius 1 is 1.36 bits per heavy atom. The van der Waals surface area contributed by atoms with Crippen LogP contribution in [0.15, 0.2) is 23.1 Å². The number of hydrogen-bond acceptors (Lipinski definition) is 4. The van der Waals surface area contributed by atoms with Crippen molar-refractivity contribution >= 4 is 27.5 Å². The molecule has 0 bridgehead atoms. The van der Waals surface area contributed by atoms with Crippen LogP contribution in [0.3, 0.4) is 0 Å². The fourth-order valence-electron chi connectivity index (χ4n) is 2.68. The van der Waals surface area contributed by atoms with Crippen LogP contribution in [0.2, 0.25) is 5.02 Å². The first-order valence-corrected chi connectivity index (χ1v) is 9.74. The summed E-state index contributed by atoms with van der Waals surface area (Å²) in [7, 11) is -3.38. The van der Waals surface area contributed by atoms with Gasteiger partial charge in [0.15, 0.2) is 9.84 Å². The largest absolute Gasteiger partial charge is 0.465 e. The Hall–Kier alpha value is -1.85. The van der Waals surface area contributed by atoms with E-state index >= 15 is 0 Å². The molecular weight excluding hydrogens is 371 g/mol. The summed E-state index contributed by atoms with van der Waals surface area (Å²) in [6, 6.07) is 5.32. The normalized spacial score (nSPS) is 18.6. The molecule has 9 heteroatoms. The summed E-state index contributed by atoms with van der Waals surface area (Å²) >= 11 is 5.77. The van der Waals surface area contributed by atoms with Crippen LogP contribution in [0.25, 0.3) is 0 Å². The van der Waals surface area contributed by atoms with Gasteiger partial charge in [0.25, 0.3) is 0 Å². The number of sulfone groups is 1. The highest BCUT2D eigenvalue weighted by Crippen LogP contribution is 2.34. The molecule has 0 aromatic heterocycles. The molecule has 0 radical (unpaired) electrons. The van der Waals surface area contributed by atoms with Crippen molar-refractivity contribution in [2.24, 2.45) is 0 Å². The molecule has 0 atom stereocenters. The molecule has 2 N–H and O–H groups in total. The van der Waals surface area contributed by atoms with Gasteiger partial charge in [0.05, 0.1) is 21.2 Å². The summed E-state index contributed by atoms with van der Waals surface area (Å²) in [5, 5.41) is 18.3. The number of benzene rings is 1. The molecule has 1 aromatic carbocycles. The van der Waals surface area contributed by atoms with Gasteiger partial charge in [-0.1, -0.05) is 24.4 Å². The highest BCUT2D eigenvalue weighted by Gasteiger charge is 2.44. The second kappa shape index (κ2) is 7.58. The van der Waals surface area contributed by atoms with Gasteiger partial charge in [0.2, 0.25) is 0 Å². The van der Waals surface area contributed by atoms with Crippen molar-refractivity contribution in [3.8, 4) is 6.07 Å². The minimum atomic E-state index is -3.38. The Morgan fingerprint density at radius 2 is 1.96 bits per heavy atom. The van der Waals surface area contributed by atoms with Gasteiger partial charge < -0.3 is 10.4 Å². The molecule has 136 valence electrons. The van der Waals surface area contributed by atoms with E-state index in [4.69, 9.17) is 22.0 Å². The molecule has 2 saturated carbocycles. The zero-order valence-electron chi connectivity index (χ0n) is 13.3. The van der Waals surface area contributed by atoms with Gasteiger partial charge in [-0.3, -0.25) is 0 Å². The third-order valence-electron chi connectivity index (χ3n) is 4.25. The van der Waals surface area contributed by atoms with Crippen LogP contribution < -0.4 is 5.32 Å². The number of carboxylic acid groups (broad SMARTS) is 1. The van der Waals surface area contributed by atoms with Gasteiger partial charge in [-0.05, 0) is 43.9 Å². The second-order valence-corrected chi connectivity index (χ2v) is 8.75. The summed E-state index contributed by atoms with van der Waals surface area (Å²) in [5.74, 6) is -0.518. The zero-order valence-corrected chi connectivity index (χ0v) is 14.9. The van der Waals surface area contributed by atoms with Crippen molar-refractivity contribution < 1.29 is 22.7 Å². The Morgan fingerprint density at radius 3 is 2.36 bits per heavy atom. The topological polar surface area (TPSA) is 107 Å². The van der Waals surface area contributed by atoms with E-state index in [1.165, 1.54) is 6.07 Å². The third kappa shape index (κ3) is 4.83. The molecule has 25 heavy (non-hydrogen) atoms. The van der Waals surface area contributed by atoms with Gasteiger partial charge in [0, 0.05) is 0 Å². The van der Waals surface area contributed by atoms with E-state index in [-0.39, 0.29) is 15.2 Å². The SMILES string of the molecule is N#CC1(NC(=O)O)CC1.O=S(=O)(c1ccc(F)cc1Cl)C1CCCC1. The molecule has 1 amide bonds. The zero-order chi connectivity index (χ0) is 18.7. The minimum absolute atomic E-state index is 0.0214. The number of hydrogen-bond donors (Lipinski definition) is 2. The predicted octanol–water partition coefficient (Wildman–Crippen LogP) is 3.51. The van der Waals surface area contributed by atoms with Crippen molar-refractivity contribution in [2.75, 3.05) is 0 Å². The quantitative estimate of drug-likeness (QED) is 0.770. The smallest absolute Gasteiger partial charge is 0.405 e. The van der Waals surface area contributed by atoms with Crippen molar-refractivity contribution in [1.29, 1.82) is 5.26 Å². The Bertz CT molecular complexity index is 797. The van der Waals surface area contributed by atoms with Crippen LogP contribution in [-0.4, -0.2) is 30.4 Å². The van der Waals surface area contributed by atoms with Gasteiger partial charge in [-0.2, -0.15) is 5.26 Å². The van der Waals surface area contributed by atoms with E-state index in [1.807, 2.05) is 6.07 Å². The highest BCUT2D eigenvalue weighted by molar-refractivity contribution is 7.92. The fraction of sp³-hybridized carbons (Fsp3) is 0.500. The first-order chi connectivity index (χ1) is 11.7. The molecule has 2 aliphatic carbocycles. The Labute approximate surface area is 150 Å². The lowest BCUT2D eigenvalue weighted by Gasteiger charge is -2.12. The summed E-state index contributed by atoms with van der Waals surface area (Å²) in [5.41, 5.74) is -0.730. The number of amides is 1. The monoisotopic (exact) mass is 388 g/mol. The average Bonchev–Trinajstić information content (AvgIpc) is 3.07. The van der Waals surface area contributed by atoms with E-state index in [1.54, 1.807) is 0 Å². The number of rotatable bonds is 3. The standard InChI is InChI=1S/C11H12ClFO2S.C5H6N2O2/c12-10-7-8(13)5-6-11(10)16(14,15)9-3-1-2-4-9;6-3-5(1-2-5)7-4(8)9/h5-7,9H,1-4H2;7H,1-2H2,(H,8,9). The summed E-state index contributed by atoms with van der Waals surface area (Å²) in [4.78, 5) is 10.0. The lowest BCUT2D eigenvalue weighted by molar-refractivity contribution is 0.191. The van der Waals surface area contributed by atoms with E-state index in [0.29, 0.717) is 25.7 Å².